The molecule has 0 aliphatic carbocycles. The fraction of sp³-hybridized carbons (Fsp3) is 0.417. The molecule has 5 nitrogen and oxygen atoms in total. The van der Waals surface area contributed by atoms with Crippen molar-refractivity contribution in [2.75, 3.05) is 33.0 Å². The summed E-state index contributed by atoms with van der Waals surface area (Å²) in [7, 11) is 3.28. The van der Waals surface area contributed by atoms with Crippen molar-refractivity contribution in [1.29, 1.82) is 0 Å². The largest absolute Gasteiger partial charge is 0.495 e. The molecule has 0 saturated carbocycles. The molecule has 0 fully saturated rings. The van der Waals surface area contributed by atoms with E-state index in [0.29, 0.717) is 23.7 Å². The number of rotatable bonds is 5. The Hall–Kier alpha value is -1.91. The lowest BCUT2D eigenvalue weighted by atomic mass is 10.3. The van der Waals surface area contributed by atoms with Crippen molar-refractivity contribution in [2.45, 2.75) is 6.92 Å². The van der Waals surface area contributed by atoms with Gasteiger partial charge < -0.3 is 20.1 Å². The van der Waals surface area contributed by atoms with Crippen molar-refractivity contribution >= 4 is 11.6 Å². The number of carbonyl (C=O) groups is 1. The number of nitrogens with zero attached hydrogens (tertiary/aromatic N) is 1. The topological polar surface area (TPSA) is 64.8 Å². The second kappa shape index (κ2) is 5.98. The number of likely N-dealkylation sites (N-methyl/N-ethyl adjacent to an activating group) is 1. The molecule has 1 amide bonds. The van der Waals surface area contributed by atoms with Gasteiger partial charge in [-0.25, -0.2) is 0 Å². The normalized spacial score (nSPS) is 9.82. The predicted octanol–water partition coefficient (Wildman–Crippen LogP) is 1.13. The van der Waals surface area contributed by atoms with Gasteiger partial charge in [0.25, 0.3) is 5.91 Å². The van der Waals surface area contributed by atoms with Gasteiger partial charge in [0.1, 0.15) is 11.5 Å². The van der Waals surface area contributed by atoms with Gasteiger partial charge in [-0.1, -0.05) is 0 Å². The first kappa shape index (κ1) is 13.2. The Balaban J connectivity index is 2.58. The number of anilines is 1. The third-order valence-electron chi connectivity index (χ3n) is 2.46. The minimum absolute atomic E-state index is 0.0100. The average Bonchev–Trinajstić information content (AvgIpc) is 2.35. The third-order valence-corrected chi connectivity index (χ3v) is 2.46. The van der Waals surface area contributed by atoms with Crippen LogP contribution in [0.5, 0.6) is 11.5 Å². The van der Waals surface area contributed by atoms with E-state index >= 15 is 0 Å². The number of carbonyl (C=O) groups excluding carboxylic acids is 1. The van der Waals surface area contributed by atoms with Gasteiger partial charge in [-0.15, -0.1) is 0 Å². The summed E-state index contributed by atoms with van der Waals surface area (Å²) in [6, 6.07) is 5.06. The molecule has 0 radical (unpaired) electrons. The van der Waals surface area contributed by atoms with Crippen molar-refractivity contribution in [2.24, 2.45) is 0 Å². The van der Waals surface area contributed by atoms with Crippen molar-refractivity contribution in [3.63, 3.8) is 0 Å². The SMILES string of the molecule is CCN(C)C(=O)COc1ccc(OC)c(N)c1. The number of hydrogen-bond donors (Lipinski definition) is 1. The molecule has 94 valence electrons. The van der Waals surface area contributed by atoms with Crippen molar-refractivity contribution in [1.82, 2.24) is 4.90 Å². The summed E-state index contributed by atoms with van der Waals surface area (Å²) >= 11 is 0. The van der Waals surface area contributed by atoms with Crippen LogP contribution in [0.15, 0.2) is 18.2 Å². The highest BCUT2D eigenvalue weighted by molar-refractivity contribution is 5.77. The molecule has 2 N–H and O–H groups in total. The summed E-state index contributed by atoms with van der Waals surface area (Å²) in [6.45, 7) is 2.58. The Morgan fingerprint density at radius 1 is 1.47 bits per heavy atom. The van der Waals surface area contributed by atoms with E-state index in [9.17, 15) is 4.79 Å². The zero-order valence-electron chi connectivity index (χ0n) is 10.4. The molecule has 0 aliphatic rings. The zero-order chi connectivity index (χ0) is 12.8. The number of ether oxygens (including phenoxy) is 2. The van der Waals surface area contributed by atoms with Crippen molar-refractivity contribution in [3.8, 4) is 11.5 Å². The van der Waals surface area contributed by atoms with E-state index in [1.54, 1.807) is 37.3 Å². The van der Waals surface area contributed by atoms with Crippen molar-refractivity contribution in [3.05, 3.63) is 18.2 Å². The number of nitrogens with two attached hydrogens (primary N) is 1. The van der Waals surface area contributed by atoms with Gasteiger partial charge in [-0.05, 0) is 19.1 Å². The lowest BCUT2D eigenvalue weighted by molar-refractivity contribution is -0.131. The number of hydrogen-bond acceptors (Lipinski definition) is 4. The second-order valence-electron chi connectivity index (χ2n) is 3.60. The van der Waals surface area contributed by atoms with Crippen LogP contribution in [0.2, 0.25) is 0 Å². The van der Waals surface area contributed by atoms with Crippen LogP contribution in [0.3, 0.4) is 0 Å². The van der Waals surface area contributed by atoms with Crippen LogP contribution in [-0.4, -0.2) is 38.1 Å². The first-order chi connectivity index (χ1) is 8.08. The molecule has 0 unspecified atom stereocenters. The number of amides is 1. The molecule has 5 heteroatoms. The first-order valence-corrected chi connectivity index (χ1v) is 5.38. The number of methoxy groups -OCH3 is 1. The van der Waals surface area contributed by atoms with Crippen LogP contribution in [0.1, 0.15) is 6.92 Å². The van der Waals surface area contributed by atoms with E-state index in [0.717, 1.165) is 0 Å². The summed E-state index contributed by atoms with van der Waals surface area (Å²) in [5, 5.41) is 0. The van der Waals surface area contributed by atoms with Crippen LogP contribution in [0.4, 0.5) is 5.69 Å². The minimum Gasteiger partial charge on any atom is -0.495 e. The summed E-state index contributed by atoms with van der Waals surface area (Å²) in [5.41, 5.74) is 6.21. The molecule has 0 saturated heterocycles. The lowest BCUT2D eigenvalue weighted by Gasteiger charge is -2.15. The zero-order valence-corrected chi connectivity index (χ0v) is 10.4. The molecule has 0 aliphatic heterocycles. The van der Waals surface area contributed by atoms with Crippen LogP contribution < -0.4 is 15.2 Å². The monoisotopic (exact) mass is 238 g/mol. The maximum absolute atomic E-state index is 11.5. The molecule has 17 heavy (non-hydrogen) atoms. The summed E-state index contributed by atoms with van der Waals surface area (Å²) in [6.07, 6.45) is 0. The Morgan fingerprint density at radius 3 is 2.71 bits per heavy atom. The van der Waals surface area contributed by atoms with Crippen LogP contribution in [0.25, 0.3) is 0 Å². The Morgan fingerprint density at radius 2 is 2.18 bits per heavy atom. The molecule has 1 rings (SSSR count). The van der Waals surface area contributed by atoms with E-state index in [1.807, 2.05) is 6.92 Å². The predicted molar refractivity (Wildman–Crippen MR) is 66.2 cm³/mol. The van der Waals surface area contributed by atoms with Crippen molar-refractivity contribution < 1.29 is 14.3 Å². The Bertz CT molecular complexity index is 393. The molecule has 0 spiro atoms. The van der Waals surface area contributed by atoms with Gasteiger partial charge in [0.05, 0.1) is 12.8 Å². The molecule has 0 atom stereocenters. The molecule has 1 aromatic rings. The van der Waals surface area contributed by atoms with E-state index in [4.69, 9.17) is 15.2 Å². The van der Waals surface area contributed by atoms with Gasteiger partial charge in [0.2, 0.25) is 0 Å². The fourth-order valence-corrected chi connectivity index (χ4v) is 1.23. The van der Waals surface area contributed by atoms with Crippen LogP contribution >= 0.6 is 0 Å². The summed E-state index contributed by atoms with van der Waals surface area (Å²) in [4.78, 5) is 13.1. The second-order valence-corrected chi connectivity index (χ2v) is 3.60. The highest BCUT2D eigenvalue weighted by Crippen LogP contribution is 2.25. The van der Waals surface area contributed by atoms with Gasteiger partial charge in [0.15, 0.2) is 6.61 Å². The molecule has 1 aromatic carbocycles. The fourth-order valence-electron chi connectivity index (χ4n) is 1.23. The minimum atomic E-state index is -0.0677. The Kier molecular flexibility index (Phi) is 4.63. The highest BCUT2D eigenvalue weighted by atomic mass is 16.5. The summed E-state index contributed by atoms with van der Waals surface area (Å²) < 4.78 is 10.4. The van der Waals surface area contributed by atoms with E-state index in [1.165, 1.54) is 0 Å². The maximum Gasteiger partial charge on any atom is 0.260 e. The van der Waals surface area contributed by atoms with Crippen LogP contribution in [0, 0.1) is 0 Å². The van der Waals surface area contributed by atoms with E-state index < -0.39 is 0 Å². The Labute approximate surface area is 101 Å². The smallest absolute Gasteiger partial charge is 0.260 e. The lowest BCUT2D eigenvalue weighted by Crippen LogP contribution is -2.31. The quantitative estimate of drug-likeness (QED) is 0.781. The van der Waals surface area contributed by atoms with Crippen LogP contribution in [-0.2, 0) is 4.79 Å². The number of nitrogen functional groups attached to an aromatic ring is 1. The first-order valence-electron chi connectivity index (χ1n) is 5.38. The standard InChI is InChI=1S/C12H18N2O3/c1-4-14(2)12(15)8-17-9-5-6-11(16-3)10(13)7-9/h5-7H,4,8,13H2,1-3H3. The van der Waals surface area contributed by atoms with E-state index in [2.05, 4.69) is 0 Å². The number of benzene rings is 1. The molecule has 0 bridgehead atoms. The van der Waals surface area contributed by atoms with Gasteiger partial charge in [-0.3, -0.25) is 4.79 Å². The molecule has 0 aromatic heterocycles. The van der Waals surface area contributed by atoms with Gasteiger partial charge >= 0.3 is 0 Å². The average molecular weight is 238 g/mol. The van der Waals surface area contributed by atoms with Gasteiger partial charge in [0, 0.05) is 19.7 Å². The van der Waals surface area contributed by atoms with E-state index in [-0.39, 0.29) is 12.5 Å². The van der Waals surface area contributed by atoms with Gasteiger partial charge in [-0.2, -0.15) is 0 Å². The molecular weight excluding hydrogens is 220 g/mol. The highest BCUT2D eigenvalue weighted by Gasteiger charge is 2.08. The maximum atomic E-state index is 11.5. The molecule has 0 heterocycles. The molecular formula is C12H18N2O3. The summed E-state index contributed by atoms with van der Waals surface area (Å²) in [5.74, 6) is 1.08. The third kappa shape index (κ3) is 3.55.